The van der Waals surface area contributed by atoms with E-state index in [4.69, 9.17) is 14.9 Å². The number of hydrogen-bond acceptors (Lipinski definition) is 4. The minimum atomic E-state index is -1.18. The Balaban J connectivity index is 2.59. The van der Waals surface area contributed by atoms with E-state index in [1.54, 1.807) is 6.07 Å². The summed E-state index contributed by atoms with van der Waals surface area (Å²) in [6.07, 6.45) is -0.0380. The Kier molecular flexibility index (Phi) is 6.68. The van der Waals surface area contributed by atoms with Crippen molar-refractivity contribution < 1.29 is 24.5 Å². The molecule has 0 radical (unpaired) electrons. The molecule has 0 heterocycles. The maximum Gasteiger partial charge on any atom is 0.326 e. The van der Waals surface area contributed by atoms with E-state index in [1.165, 1.54) is 0 Å². The molecular formula is C15H21NO5. The SMILES string of the molecule is CC(C)c1ccccc1OCC(=O)NC(CCO)C(=O)O. The van der Waals surface area contributed by atoms with Crippen LogP contribution in [0.3, 0.4) is 0 Å². The second kappa shape index (κ2) is 8.26. The monoisotopic (exact) mass is 295 g/mol. The van der Waals surface area contributed by atoms with Gasteiger partial charge < -0.3 is 20.3 Å². The van der Waals surface area contributed by atoms with Gasteiger partial charge in [-0.3, -0.25) is 4.79 Å². The quantitative estimate of drug-likeness (QED) is 0.668. The summed E-state index contributed by atoms with van der Waals surface area (Å²) in [4.78, 5) is 22.6. The van der Waals surface area contributed by atoms with E-state index < -0.39 is 17.9 Å². The molecule has 1 unspecified atom stereocenters. The van der Waals surface area contributed by atoms with Crippen LogP contribution < -0.4 is 10.1 Å². The van der Waals surface area contributed by atoms with Crippen molar-refractivity contribution in [3.05, 3.63) is 29.8 Å². The van der Waals surface area contributed by atoms with Crippen LogP contribution >= 0.6 is 0 Å². The fourth-order valence-electron chi connectivity index (χ4n) is 1.85. The Morgan fingerprint density at radius 1 is 1.29 bits per heavy atom. The number of carboxylic acid groups (broad SMARTS) is 1. The van der Waals surface area contributed by atoms with Gasteiger partial charge in [0.1, 0.15) is 11.8 Å². The summed E-state index contributed by atoms with van der Waals surface area (Å²) in [5.41, 5.74) is 0.982. The molecule has 0 saturated carbocycles. The number of aliphatic hydroxyl groups excluding tert-OH is 1. The lowest BCUT2D eigenvalue weighted by Gasteiger charge is -2.16. The molecule has 0 aromatic heterocycles. The van der Waals surface area contributed by atoms with Gasteiger partial charge in [0.2, 0.25) is 0 Å². The molecule has 0 aliphatic rings. The first kappa shape index (κ1) is 17.0. The average Bonchev–Trinajstić information content (AvgIpc) is 2.44. The van der Waals surface area contributed by atoms with E-state index in [1.807, 2.05) is 32.0 Å². The normalized spacial score (nSPS) is 12.0. The van der Waals surface area contributed by atoms with Gasteiger partial charge in [-0.15, -0.1) is 0 Å². The summed E-state index contributed by atoms with van der Waals surface area (Å²) >= 11 is 0. The lowest BCUT2D eigenvalue weighted by atomic mass is 10.0. The number of hydrogen-bond donors (Lipinski definition) is 3. The second-order valence-electron chi connectivity index (χ2n) is 4.95. The van der Waals surface area contributed by atoms with Crippen molar-refractivity contribution in [2.24, 2.45) is 0 Å². The summed E-state index contributed by atoms with van der Waals surface area (Å²) in [7, 11) is 0. The van der Waals surface area contributed by atoms with Crippen LogP contribution in [0.2, 0.25) is 0 Å². The Morgan fingerprint density at radius 3 is 2.52 bits per heavy atom. The van der Waals surface area contributed by atoms with Gasteiger partial charge in [-0.05, 0) is 17.5 Å². The molecule has 1 atom stereocenters. The van der Waals surface area contributed by atoms with E-state index in [-0.39, 0.29) is 25.6 Å². The maximum atomic E-state index is 11.7. The van der Waals surface area contributed by atoms with Gasteiger partial charge in [0.15, 0.2) is 6.61 Å². The summed E-state index contributed by atoms with van der Waals surface area (Å²) in [5.74, 6) is -0.850. The van der Waals surface area contributed by atoms with Crippen LogP contribution in [0.4, 0.5) is 0 Å². The summed E-state index contributed by atoms with van der Waals surface area (Å²) in [6.45, 7) is 3.46. The summed E-state index contributed by atoms with van der Waals surface area (Å²) in [5, 5.41) is 20.0. The van der Waals surface area contributed by atoms with Crippen LogP contribution in [0.15, 0.2) is 24.3 Å². The lowest BCUT2D eigenvalue weighted by Crippen LogP contribution is -2.43. The highest BCUT2D eigenvalue weighted by atomic mass is 16.5. The minimum absolute atomic E-state index is 0.0380. The number of aliphatic carboxylic acids is 1. The fourth-order valence-corrected chi connectivity index (χ4v) is 1.85. The first-order valence-corrected chi connectivity index (χ1v) is 6.80. The van der Waals surface area contributed by atoms with Gasteiger partial charge in [0, 0.05) is 13.0 Å². The molecule has 1 aromatic rings. The Hall–Kier alpha value is -2.08. The van der Waals surface area contributed by atoms with Crippen LogP contribution in [0, 0.1) is 0 Å². The third kappa shape index (κ3) is 5.43. The first-order chi connectivity index (χ1) is 9.95. The number of carbonyl (C=O) groups is 2. The lowest BCUT2D eigenvalue weighted by molar-refractivity contribution is -0.142. The van der Waals surface area contributed by atoms with Gasteiger partial charge >= 0.3 is 5.97 Å². The van der Waals surface area contributed by atoms with Gasteiger partial charge in [-0.25, -0.2) is 4.79 Å². The van der Waals surface area contributed by atoms with Crippen molar-refractivity contribution in [3.63, 3.8) is 0 Å². The van der Waals surface area contributed by atoms with E-state index in [0.717, 1.165) is 5.56 Å². The number of carboxylic acids is 1. The molecule has 1 aromatic carbocycles. The van der Waals surface area contributed by atoms with Gasteiger partial charge in [-0.1, -0.05) is 32.0 Å². The fraction of sp³-hybridized carbons (Fsp3) is 0.467. The molecule has 0 aliphatic heterocycles. The van der Waals surface area contributed by atoms with E-state index >= 15 is 0 Å². The molecule has 21 heavy (non-hydrogen) atoms. The van der Waals surface area contributed by atoms with E-state index in [2.05, 4.69) is 5.32 Å². The highest BCUT2D eigenvalue weighted by molar-refractivity contribution is 5.84. The molecule has 3 N–H and O–H groups in total. The largest absolute Gasteiger partial charge is 0.483 e. The number of amides is 1. The Morgan fingerprint density at radius 2 is 1.95 bits per heavy atom. The summed E-state index contributed by atoms with van der Waals surface area (Å²) < 4.78 is 5.45. The highest BCUT2D eigenvalue weighted by Crippen LogP contribution is 2.25. The highest BCUT2D eigenvalue weighted by Gasteiger charge is 2.19. The zero-order valence-corrected chi connectivity index (χ0v) is 12.2. The van der Waals surface area contributed by atoms with E-state index in [0.29, 0.717) is 5.75 Å². The molecule has 0 bridgehead atoms. The van der Waals surface area contributed by atoms with Crippen molar-refractivity contribution in [1.29, 1.82) is 0 Å². The maximum absolute atomic E-state index is 11.7. The third-order valence-corrected chi connectivity index (χ3v) is 2.95. The number of carbonyl (C=O) groups excluding carboxylic acids is 1. The van der Waals surface area contributed by atoms with Crippen molar-refractivity contribution in [1.82, 2.24) is 5.32 Å². The third-order valence-electron chi connectivity index (χ3n) is 2.95. The zero-order valence-electron chi connectivity index (χ0n) is 12.2. The number of nitrogens with one attached hydrogen (secondary N) is 1. The van der Waals surface area contributed by atoms with Gasteiger partial charge in [0.05, 0.1) is 0 Å². The van der Waals surface area contributed by atoms with Crippen molar-refractivity contribution in [2.45, 2.75) is 32.2 Å². The van der Waals surface area contributed by atoms with Crippen molar-refractivity contribution >= 4 is 11.9 Å². The van der Waals surface area contributed by atoms with Gasteiger partial charge in [-0.2, -0.15) is 0 Å². The number of rotatable bonds is 8. The average molecular weight is 295 g/mol. The van der Waals surface area contributed by atoms with Crippen LogP contribution in [-0.2, 0) is 9.59 Å². The van der Waals surface area contributed by atoms with E-state index in [9.17, 15) is 9.59 Å². The van der Waals surface area contributed by atoms with Crippen LogP contribution in [0.1, 0.15) is 31.7 Å². The molecule has 1 rings (SSSR count). The molecule has 0 saturated heterocycles. The van der Waals surface area contributed by atoms with Crippen LogP contribution in [-0.4, -0.2) is 41.3 Å². The summed E-state index contributed by atoms with van der Waals surface area (Å²) in [6, 6.07) is 6.29. The molecular weight excluding hydrogens is 274 g/mol. The Bertz CT molecular complexity index is 487. The number of para-hydroxylation sites is 1. The molecule has 6 heteroatoms. The molecule has 1 amide bonds. The first-order valence-electron chi connectivity index (χ1n) is 6.80. The molecule has 116 valence electrons. The van der Waals surface area contributed by atoms with Crippen molar-refractivity contribution in [3.8, 4) is 5.75 Å². The predicted molar refractivity (Wildman–Crippen MR) is 77.3 cm³/mol. The molecule has 0 fully saturated rings. The standard InChI is InChI=1S/C15H21NO5/c1-10(2)11-5-3-4-6-13(11)21-9-14(18)16-12(7-8-17)15(19)20/h3-6,10,12,17H,7-9H2,1-2H3,(H,16,18)(H,19,20). The Labute approximate surface area is 123 Å². The molecule has 0 spiro atoms. The van der Waals surface area contributed by atoms with Gasteiger partial charge in [0.25, 0.3) is 5.91 Å². The molecule has 0 aliphatic carbocycles. The second-order valence-corrected chi connectivity index (χ2v) is 4.95. The number of aliphatic hydroxyl groups is 1. The van der Waals surface area contributed by atoms with Crippen molar-refractivity contribution in [2.75, 3.05) is 13.2 Å². The molecule has 6 nitrogen and oxygen atoms in total. The predicted octanol–water partition coefficient (Wildman–Crippen LogP) is 1.14. The number of benzene rings is 1. The topological polar surface area (TPSA) is 95.9 Å². The van der Waals surface area contributed by atoms with Crippen LogP contribution in [0.5, 0.6) is 5.75 Å². The van der Waals surface area contributed by atoms with Crippen LogP contribution in [0.25, 0.3) is 0 Å². The smallest absolute Gasteiger partial charge is 0.326 e. The zero-order chi connectivity index (χ0) is 15.8. The number of ether oxygens (including phenoxy) is 1. The minimum Gasteiger partial charge on any atom is -0.483 e.